The summed E-state index contributed by atoms with van der Waals surface area (Å²) in [5, 5.41) is 0. The van der Waals surface area contributed by atoms with Crippen LogP contribution in [0.4, 0.5) is 0 Å². The number of aromatic nitrogens is 1. The molecule has 4 saturated carbocycles. The second kappa shape index (κ2) is 5.98. The van der Waals surface area contributed by atoms with Crippen molar-refractivity contribution in [1.82, 2.24) is 0 Å². The molecule has 4 heteroatoms. The van der Waals surface area contributed by atoms with Gasteiger partial charge in [0.1, 0.15) is 0 Å². The molecule has 5 rings (SSSR count). The van der Waals surface area contributed by atoms with Gasteiger partial charge in [0.25, 0.3) is 0 Å². The number of ether oxygens (including phenoxy) is 1. The summed E-state index contributed by atoms with van der Waals surface area (Å²) < 4.78 is 6.90. The first-order chi connectivity index (χ1) is 11.6. The molecule has 4 fully saturated rings. The number of Topliss-reactive ketones (excluding diaryl/α,β-unsaturated/α-hetero) is 1. The van der Waals surface area contributed by atoms with Crippen molar-refractivity contribution < 1.29 is 18.9 Å². The highest BCUT2D eigenvalue weighted by Gasteiger charge is 2.54. The second-order valence-electron chi connectivity index (χ2n) is 8.10. The van der Waals surface area contributed by atoms with E-state index in [2.05, 4.69) is 0 Å². The summed E-state index contributed by atoms with van der Waals surface area (Å²) in [5.74, 6) is 2.46. The van der Waals surface area contributed by atoms with Crippen molar-refractivity contribution in [2.45, 2.75) is 52.0 Å². The Labute approximate surface area is 143 Å². The predicted molar refractivity (Wildman–Crippen MR) is 88.2 cm³/mol. The number of carbonyl (C=O) groups excluding carboxylic acids is 2. The van der Waals surface area contributed by atoms with Gasteiger partial charge in [-0.1, -0.05) is 0 Å². The number of rotatable bonds is 5. The van der Waals surface area contributed by atoms with Crippen molar-refractivity contribution >= 4 is 11.8 Å². The molecular formula is C20H26NO3+. The molecule has 0 unspecified atom stereocenters. The van der Waals surface area contributed by atoms with Crippen LogP contribution >= 0.6 is 0 Å². The predicted octanol–water partition coefficient (Wildman–Crippen LogP) is 2.94. The largest absolute Gasteiger partial charge is 0.462 e. The zero-order valence-corrected chi connectivity index (χ0v) is 14.4. The number of hydrogen-bond acceptors (Lipinski definition) is 3. The van der Waals surface area contributed by atoms with Gasteiger partial charge in [-0.15, -0.1) is 0 Å². The van der Waals surface area contributed by atoms with Crippen LogP contribution in [-0.4, -0.2) is 18.4 Å². The summed E-state index contributed by atoms with van der Waals surface area (Å²) in [6, 6.07) is 3.48. The molecule has 1 aromatic rings. The molecule has 0 N–H and O–H groups in total. The van der Waals surface area contributed by atoms with Crippen LogP contribution in [0.15, 0.2) is 24.5 Å². The molecule has 0 aliphatic heterocycles. The number of esters is 1. The lowest BCUT2D eigenvalue weighted by atomic mass is 9.48. The molecular weight excluding hydrogens is 302 g/mol. The molecule has 1 heterocycles. The maximum absolute atomic E-state index is 13.1. The minimum absolute atomic E-state index is 0.0540. The summed E-state index contributed by atoms with van der Waals surface area (Å²) in [5.41, 5.74) is 0.483. The van der Waals surface area contributed by atoms with Gasteiger partial charge in [0.05, 0.1) is 12.2 Å². The van der Waals surface area contributed by atoms with E-state index >= 15 is 0 Å². The zero-order chi connectivity index (χ0) is 16.7. The molecule has 0 radical (unpaired) electrons. The quantitative estimate of drug-likeness (QED) is 0.617. The van der Waals surface area contributed by atoms with E-state index in [-0.39, 0.29) is 11.4 Å². The highest BCUT2D eigenvalue weighted by molar-refractivity contribution is 5.89. The SMILES string of the molecule is CCOC(=O)c1cc[n+](CC(=O)C23CC4CC(CC(C4)C2)C3)cc1. The number of pyridine rings is 1. The molecule has 0 saturated heterocycles. The van der Waals surface area contributed by atoms with E-state index in [4.69, 9.17) is 4.74 Å². The first-order valence-corrected chi connectivity index (χ1v) is 9.27. The van der Waals surface area contributed by atoms with Crippen LogP contribution in [0.3, 0.4) is 0 Å². The van der Waals surface area contributed by atoms with Crippen LogP contribution in [0.5, 0.6) is 0 Å². The molecule has 24 heavy (non-hydrogen) atoms. The first kappa shape index (κ1) is 15.8. The van der Waals surface area contributed by atoms with Crippen molar-refractivity contribution in [3.8, 4) is 0 Å². The maximum Gasteiger partial charge on any atom is 0.338 e. The summed E-state index contributed by atoms with van der Waals surface area (Å²) >= 11 is 0. The van der Waals surface area contributed by atoms with Gasteiger partial charge in [0.15, 0.2) is 12.4 Å². The Morgan fingerprint density at radius 3 is 2.12 bits per heavy atom. The molecule has 4 bridgehead atoms. The monoisotopic (exact) mass is 328 g/mol. The fraction of sp³-hybridized carbons (Fsp3) is 0.650. The van der Waals surface area contributed by atoms with Gasteiger partial charge in [0.2, 0.25) is 12.3 Å². The topological polar surface area (TPSA) is 47.2 Å². The normalized spacial score (nSPS) is 33.5. The van der Waals surface area contributed by atoms with Gasteiger partial charge >= 0.3 is 5.97 Å². The Bertz CT molecular complexity index is 614. The average molecular weight is 328 g/mol. The third-order valence-electron chi connectivity index (χ3n) is 6.36. The van der Waals surface area contributed by atoms with Crippen molar-refractivity contribution in [1.29, 1.82) is 0 Å². The third kappa shape index (κ3) is 2.76. The van der Waals surface area contributed by atoms with Gasteiger partial charge in [-0.3, -0.25) is 4.79 Å². The Kier molecular flexibility index (Phi) is 3.93. The van der Waals surface area contributed by atoms with Crippen LogP contribution < -0.4 is 4.57 Å². The minimum Gasteiger partial charge on any atom is -0.462 e. The maximum atomic E-state index is 13.1. The Morgan fingerprint density at radius 2 is 1.62 bits per heavy atom. The Morgan fingerprint density at radius 1 is 1.08 bits per heavy atom. The molecule has 4 aliphatic carbocycles. The molecule has 1 aromatic heterocycles. The van der Waals surface area contributed by atoms with Gasteiger partial charge in [0, 0.05) is 17.5 Å². The molecule has 0 amide bonds. The minimum atomic E-state index is -0.308. The third-order valence-corrected chi connectivity index (χ3v) is 6.36. The standard InChI is InChI=1S/C20H26NO3/c1-2-24-19(23)17-3-5-21(6-4-17)13-18(22)20-10-14-7-15(11-20)9-16(8-14)12-20/h3-6,14-16H,2,7-13H2,1H3/q+1. The molecule has 0 spiro atoms. The van der Waals surface area contributed by atoms with E-state index in [0.717, 1.165) is 37.0 Å². The van der Waals surface area contributed by atoms with Gasteiger partial charge in [-0.2, -0.15) is 4.57 Å². The first-order valence-electron chi connectivity index (χ1n) is 9.27. The van der Waals surface area contributed by atoms with Crippen LogP contribution in [0.25, 0.3) is 0 Å². The molecule has 128 valence electrons. The number of nitrogens with zero attached hydrogens (tertiary/aromatic N) is 1. The average Bonchev–Trinajstić information content (AvgIpc) is 2.54. The number of hydrogen-bond donors (Lipinski definition) is 0. The fourth-order valence-corrected chi connectivity index (χ4v) is 5.70. The van der Waals surface area contributed by atoms with Crippen LogP contribution in [0, 0.1) is 23.2 Å². The van der Waals surface area contributed by atoms with Gasteiger partial charge in [-0.05, 0) is 63.2 Å². The van der Waals surface area contributed by atoms with E-state index in [1.165, 1.54) is 19.3 Å². The lowest BCUT2D eigenvalue weighted by Gasteiger charge is -2.55. The Hall–Kier alpha value is -1.71. The van der Waals surface area contributed by atoms with Crippen LogP contribution in [-0.2, 0) is 16.1 Å². The van der Waals surface area contributed by atoms with Crippen molar-refractivity contribution in [2.24, 2.45) is 23.2 Å². The summed E-state index contributed by atoms with van der Waals surface area (Å²) in [4.78, 5) is 24.8. The summed E-state index contributed by atoms with van der Waals surface area (Å²) in [6.45, 7) is 2.60. The molecule has 0 atom stereocenters. The lowest BCUT2D eigenvalue weighted by Crippen LogP contribution is -2.53. The van der Waals surface area contributed by atoms with E-state index in [1.54, 1.807) is 19.1 Å². The fourth-order valence-electron chi connectivity index (χ4n) is 5.70. The highest BCUT2D eigenvalue weighted by atomic mass is 16.5. The molecule has 4 aliphatic rings. The van der Waals surface area contributed by atoms with Gasteiger partial charge in [-0.25, -0.2) is 4.79 Å². The second-order valence-corrected chi connectivity index (χ2v) is 8.10. The van der Waals surface area contributed by atoms with E-state index in [1.807, 2.05) is 17.0 Å². The summed E-state index contributed by atoms with van der Waals surface area (Å²) in [7, 11) is 0. The zero-order valence-electron chi connectivity index (χ0n) is 14.4. The van der Waals surface area contributed by atoms with Crippen LogP contribution in [0.2, 0.25) is 0 Å². The van der Waals surface area contributed by atoms with E-state index < -0.39 is 0 Å². The van der Waals surface area contributed by atoms with Crippen molar-refractivity contribution in [3.05, 3.63) is 30.1 Å². The van der Waals surface area contributed by atoms with Crippen molar-refractivity contribution in [2.75, 3.05) is 6.61 Å². The van der Waals surface area contributed by atoms with Crippen molar-refractivity contribution in [3.63, 3.8) is 0 Å². The molecule has 0 aromatic carbocycles. The Balaban J connectivity index is 1.45. The van der Waals surface area contributed by atoms with E-state index in [0.29, 0.717) is 24.5 Å². The molecule has 4 nitrogen and oxygen atoms in total. The number of carbonyl (C=O) groups is 2. The van der Waals surface area contributed by atoms with E-state index in [9.17, 15) is 9.59 Å². The summed E-state index contributed by atoms with van der Waals surface area (Å²) in [6.07, 6.45) is 11.0. The van der Waals surface area contributed by atoms with Crippen LogP contribution in [0.1, 0.15) is 55.8 Å². The van der Waals surface area contributed by atoms with Gasteiger partial charge < -0.3 is 4.74 Å². The highest BCUT2D eigenvalue weighted by Crippen LogP contribution is 2.60. The smallest absolute Gasteiger partial charge is 0.338 e. The lowest BCUT2D eigenvalue weighted by molar-refractivity contribution is -0.685. The number of ketones is 1.